The number of aryl methyl sites for hydroxylation is 1. The second-order valence-corrected chi connectivity index (χ2v) is 5.53. The van der Waals surface area contributed by atoms with Gasteiger partial charge in [0.2, 0.25) is 0 Å². The number of aliphatic hydroxyl groups is 4. The topological polar surface area (TPSA) is 135 Å². The molecule has 0 aromatic heterocycles. The van der Waals surface area contributed by atoms with Crippen molar-refractivity contribution in [2.75, 3.05) is 6.61 Å². The highest BCUT2D eigenvalue weighted by Gasteiger charge is 2.45. The van der Waals surface area contributed by atoms with Crippen LogP contribution in [0, 0.1) is 0 Å². The number of amides is 2. The Kier molecular flexibility index (Phi) is 5.45. The zero-order valence-electron chi connectivity index (χ0n) is 13.0. The van der Waals surface area contributed by atoms with Crippen molar-refractivity contribution in [3.63, 3.8) is 0 Å². The number of benzene rings is 1. The molecule has 8 heteroatoms. The molecule has 4 atom stereocenters. The fraction of sp³-hybridized carbons (Fsp3) is 0.438. The molecule has 1 unspecified atom stereocenters. The summed E-state index contributed by atoms with van der Waals surface area (Å²) in [6.07, 6.45) is -4.90. The lowest BCUT2D eigenvalue weighted by Gasteiger charge is -2.30. The first-order chi connectivity index (χ1) is 11.4. The van der Waals surface area contributed by atoms with Gasteiger partial charge in [-0.05, 0) is 18.1 Å². The van der Waals surface area contributed by atoms with Crippen molar-refractivity contribution in [3.8, 4) is 0 Å². The zero-order valence-corrected chi connectivity index (χ0v) is 13.0. The number of hydrogen-bond donors (Lipinski definition) is 4. The Hall–Kier alpha value is -2.13. The predicted octanol–water partition coefficient (Wildman–Crippen LogP) is -1.51. The minimum Gasteiger partial charge on any atom is -0.394 e. The van der Waals surface area contributed by atoms with E-state index in [1.165, 1.54) is 6.07 Å². The SMILES string of the molecule is CCc1cccc2c1C(=O)N([C@@H](C=O)[C@@H](O)[C@H](O)C(O)CO)C2=O. The van der Waals surface area contributed by atoms with Gasteiger partial charge in [0.15, 0.2) is 0 Å². The summed E-state index contributed by atoms with van der Waals surface area (Å²) in [5.41, 5.74) is 0.917. The smallest absolute Gasteiger partial charge is 0.262 e. The minimum atomic E-state index is -1.93. The first kappa shape index (κ1) is 18.2. The van der Waals surface area contributed by atoms with Gasteiger partial charge in [0, 0.05) is 0 Å². The average Bonchev–Trinajstić information content (AvgIpc) is 2.86. The van der Waals surface area contributed by atoms with Crippen LogP contribution < -0.4 is 0 Å². The molecule has 1 aromatic rings. The maximum absolute atomic E-state index is 12.6. The van der Waals surface area contributed by atoms with Crippen LogP contribution in [0.2, 0.25) is 0 Å². The number of rotatable bonds is 7. The Morgan fingerprint density at radius 2 is 1.79 bits per heavy atom. The number of nitrogens with zero attached hydrogens (tertiary/aromatic N) is 1. The van der Waals surface area contributed by atoms with E-state index < -0.39 is 42.8 Å². The van der Waals surface area contributed by atoms with Crippen molar-refractivity contribution < 1.29 is 34.8 Å². The minimum absolute atomic E-state index is 0.121. The Morgan fingerprint density at radius 1 is 1.12 bits per heavy atom. The highest BCUT2D eigenvalue weighted by atomic mass is 16.4. The summed E-state index contributed by atoms with van der Waals surface area (Å²) in [5, 5.41) is 38.1. The van der Waals surface area contributed by atoms with E-state index in [0.29, 0.717) is 16.9 Å². The average molecular weight is 337 g/mol. The van der Waals surface area contributed by atoms with Crippen molar-refractivity contribution in [3.05, 3.63) is 34.9 Å². The van der Waals surface area contributed by atoms with Gasteiger partial charge < -0.3 is 25.2 Å². The van der Waals surface area contributed by atoms with Crippen LogP contribution in [0.5, 0.6) is 0 Å². The van der Waals surface area contributed by atoms with E-state index in [1.54, 1.807) is 12.1 Å². The summed E-state index contributed by atoms with van der Waals surface area (Å²) in [6.45, 7) is 0.954. The van der Waals surface area contributed by atoms with Crippen molar-refractivity contribution in [2.24, 2.45) is 0 Å². The number of aliphatic hydroxyl groups excluding tert-OH is 4. The van der Waals surface area contributed by atoms with E-state index in [0.717, 1.165) is 0 Å². The standard InChI is InChI=1S/C16H19NO7/c1-2-8-4-3-5-9-12(8)16(24)17(15(9)23)10(6-18)13(21)14(22)11(20)7-19/h3-6,10-11,13-14,19-22H,2,7H2,1H3/t10-,11?,13+,14+/m0/s1. The molecule has 2 rings (SSSR count). The number of hydrogen-bond acceptors (Lipinski definition) is 7. The van der Waals surface area contributed by atoms with E-state index in [4.69, 9.17) is 5.11 Å². The Morgan fingerprint density at radius 3 is 2.33 bits per heavy atom. The summed E-state index contributed by atoms with van der Waals surface area (Å²) in [4.78, 5) is 37.0. The van der Waals surface area contributed by atoms with E-state index in [9.17, 15) is 29.7 Å². The van der Waals surface area contributed by atoms with Crippen LogP contribution in [0.25, 0.3) is 0 Å². The number of imide groups is 1. The molecule has 1 aliphatic rings. The summed E-state index contributed by atoms with van der Waals surface area (Å²) in [6, 6.07) is 3.06. The maximum atomic E-state index is 12.6. The molecule has 0 fully saturated rings. The van der Waals surface area contributed by atoms with Gasteiger partial charge in [-0.25, -0.2) is 0 Å². The molecule has 0 radical (unpaired) electrons. The van der Waals surface area contributed by atoms with Crippen molar-refractivity contribution in [1.29, 1.82) is 0 Å². The molecule has 4 N–H and O–H groups in total. The molecule has 0 saturated carbocycles. The molecular weight excluding hydrogens is 318 g/mol. The van der Waals surface area contributed by atoms with E-state index in [1.807, 2.05) is 6.92 Å². The molecule has 1 heterocycles. The zero-order chi connectivity index (χ0) is 18.0. The highest BCUT2D eigenvalue weighted by molar-refractivity contribution is 6.23. The van der Waals surface area contributed by atoms with Gasteiger partial charge in [0.1, 0.15) is 30.6 Å². The summed E-state index contributed by atoms with van der Waals surface area (Å²) < 4.78 is 0. The van der Waals surface area contributed by atoms with Gasteiger partial charge in [-0.2, -0.15) is 0 Å². The van der Waals surface area contributed by atoms with Gasteiger partial charge in [-0.15, -0.1) is 0 Å². The van der Waals surface area contributed by atoms with E-state index >= 15 is 0 Å². The first-order valence-corrected chi connectivity index (χ1v) is 7.49. The Bertz CT molecular complexity index is 660. The predicted molar refractivity (Wildman–Crippen MR) is 81.3 cm³/mol. The van der Waals surface area contributed by atoms with Crippen molar-refractivity contribution in [1.82, 2.24) is 4.90 Å². The van der Waals surface area contributed by atoms with Crippen LogP contribution in [-0.4, -0.2) is 74.4 Å². The van der Waals surface area contributed by atoms with Crippen molar-refractivity contribution in [2.45, 2.75) is 37.7 Å². The van der Waals surface area contributed by atoms with Crippen LogP contribution in [0.1, 0.15) is 33.2 Å². The van der Waals surface area contributed by atoms with Crippen LogP contribution in [0.3, 0.4) is 0 Å². The van der Waals surface area contributed by atoms with Gasteiger partial charge in [-0.3, -0.25) is 14.5 Å². The lowest BCUT2D eigenvalue weighted by molar-refractivity contribution is -0.124. The normalized spacial score (nSPS) is 19.0. The Labute approximate surface area is 137 Å². The summed E-state index contributed by atoms with van der Waals surface area (Å²) in [5.74, 6) is -1.50. The maximum Gasteiger partial charge on any atom is 0.262 e. The van der Waals surface area contributed by atoms with E-state index in [2.05, 4.69) is 0 Å². The van der Waals surface area contributed by atoms with Crippen LogP contribution in [-0.2, 0) is 11.2 Å². The molecule has 130 valence electrons. The van der Waals surface area contributed by atoms with Gasteiger partial charge in [0.05, 0.1) is 17.7 Å². The van der Waals surface area contributed by atoms with Crippen LogP contribution >= 0.6 is 0 Å². The summed E-state index contributed by atoms with van der Waals surface area (Å²) in [7, 11) is 0. The molecule has 0 spiro atoms. The van der Waals surface area contributed by atoms with Crippen LogP contribution in [0.4, 0.5) is 0 Å². The molecule has 0 bridgehead atoms. The van der Waals surface area contributed by atoms with E-state index in [-0.39, 0.29) is 17.4 Å². The second kappa shape index (κ2) is 7.18. The summed E-state index contributed by atoms with van der Waals surface area (Å²) >= 11 is 0. The third-order valence-electron chi connectivity index (χ3n) is 4.13. The van der Waals surface area contributed by atoms with Gasteiger partial charge in [-0.1, -0.05) is 19.1 Å². The number of carbonyl (C=O) groups excluding carboxylic acids is 3. The molecule has 0 aliphatic carbocycles. The monoisotopic (exact) mass is 337 g/mol. The third-order valence-corrected chi connectivity index (χ3v) is 4.13. The molecule has 1 aromatic carbocycles. The largest absolute Gasteiger partial charge is 0.394 e. The van der Waals surface area contributed by atoms with Crippen LogP contribution in [0.15, 0.2) is 18.2 Å². The first-order valence-electron chi connectivity index (χ1n) is 7.49. The van der Waals surface area contributed by atoms with Crippen molar-refractivity contribution >= 4 is 18.1 Å². The molecular formula is C16H19NO7. The quantitative estimate of drug-likeness (QED) is 0.351. The number of fused-ring (bicyclic) bond motifs is 1. The lowest BCUT2D eigenvalue weighted by Crippen LogP contribution is -2.55. The number of aldehydes is 1. The molecule has 8 nitrogen and oxygen atoms in total. The van der Waals surface area contributed by atoms with Gasteiger partial charge >= 0.3 is 0 Å². The second-order valence-electron chi connectivity index (χ2n) is 5.53. The fourth-order valence-corrected chi connectivity index (χ4v) is 2.77. The highest BCUT2D eigenvalue weighted by Crippen LogP contribution is 2.29. The third kappa shape index (κ3) is 2.84. The molecule has 2 amide bonds. The fourth-order valence-electron chi connectivity index (χ4n) is 2.77. The molecule has 0 saturated heterocycles. The molecule has 1 aliphatic heterocycles. The number of carbonyl (C=O) groups is 3. The Balaban J connectivity index is 2.39. The lowest BCUT2D eigenvalue weighted by atomic mass is 10.0. The molecule has 24 heavy (non-hydrogen) atoms. The van der Waals surface area contributed by atoms with Gasteiger partial charge in [0.25, 0.3) is 11.8 Å².